The van der Waals surface area contributed by atoms with Gasteiger partial charge in [0.25, 0.3) is 0 Å². The molecule has 0 saturated heterocycles. The average molecular weight is 268 g/mol. The van der Waals surface area contributed by atoms with Gasteiger partial charge in [0.2, 0.25) is 0 Å². The molecule has 0 spiro atoms. The Labute approximate surface area is 122 Å². The predicted molar refractivity (Wildman–Crippen MR) is 85.0 cm³/mol. The first-order valence-electron chi connectivity index (χ1n) is 7.56. The Bertz CT molecular complexity index is 549. The van der Waals surface area contributed by atoms with Crippen molar-refractivity contribution in [3.8, 4) is 0 Å². The summed E-state index contributed by atoms with van der Waals surface area (Å²) in [4.78, 5) is 4.64. The topological polar surface area (TPSA) is 24.9 Å². The molecular formula is C18H24N2. The van der Waals surface area contributed by atoms with Crippen LogP contribution in [-0.4, -0.2) is 11.5 Å². The Morgan fingerprint density at radius 1 is 1.05 bits per heavy atom. The lowest BCUT2D eigenvalue weighted by atomic mass is 9.96. The monoisotopic (exact) mass is 268 g/mol. The van der Waals surface area contributed by atoms with Crippen molar-refractivity contribution in [3.63, 3.8) is 0 Å². The summed E-state index contributed by atoms with van der Waals surface area (Å²) in [5.41, 5.74) is 5.16. The maximum Gasteiger partial charge on any atom is 0.0754 e. The van der Waals surface area contributed by atoms with E-state index in [4.69, 9.17) is 0 Å². The van der Waals surface area contributed by atoms with E-state index in [0.717, 1.165) is 25.1 Å². The number of rotatable bonds is 6. The summed E-state index contributed by atoms with van der Waals surface area (Å²) in [5.74, 6) is 0. The van der Waals surface area contributed by atoms with E-state index in [1.165, 1.54) is 16.7 Å². The molecule has 0 aliphatic carbocycles. The lowest BCUT2D eigenvalue weighted by Gasteiger charge is -2.21. The van der Waals surface area contributed by atoms with Gasteiger partial charge < -0.3 is 5.32 Å². The van der Waals surface area contributed by atoms with Crippen LogP contribution < -0.4 is 5.32 Å². The van der Waals surface area contributed by atoms with E-state index in [-0.39, 0.29) is 6.04 Å². The molecule has 0 saturated carbocycles. The minimum Gasteiger partial charge on any atom is -0.305 e. The lowest BCUT2D eigenvalue weighted by Crippen LogP contribution is -2.24. The quantitative estimate of drug-likeness (QED) is 0.859. The van der Waals surface area contributed by atoms with E-state index in [1.807, 2.05) is 12.3 Å². The van der Waals surface area contributed by atoms with Crippen LogP contribution in [0.15, 0.2) is 42.6 Å². The van der Waals surface area contributed by atoms with Crippen molar-refractivity contribution < 1.29 is 0 Å². The van der Waals surface area contributed by atoms with Gasteiger partial charge in [0, 0.05) is 6.20 Å². The smallest absolute Gasteiger partial charge is 0.0754 e. The van der Waals surface area contributed by atoms with Gasteiger partial charge in [-0.1, -0.05) is 51.1 Å². The first-order chi connectivity index (χ1) is 9.80. The van der Waals surface area contributed by atoms with Crippen LogP contribution in [0.3, 0.4) is 0 Å². The second-order valence-corrected chi connectivity index (χ2v) is 4.99. The van der Waals surface area contributed by atoms with Crippen LogP contribution in [-0.2, 0) is 12.8 Å². The summed E-state index contributed by atoms with van der Waals surface area (Å²) in [5, 5.41) is 3.58. The molecular weight excluding hydrogens is 244 g/mol. The molecule has 2 heteroatoms. The van der Waals surface area contributed by atoms with E-state index in [1.54, 1.807) is 0 Å². The fourth-order valence-corrected chi connectivity index (χ4v) is 2.58. The zero-order valence-corrected chi connectivity index (χ0v) is 12.7. The Kier molecular flexibility index (Phi) is 5.31. The zero-order valence-electron chi connectivity index (χ0n) is 12.7. The SMILES string of the molecule is CCNC(c1cccc(CC)c1)c1ncccc1CC. The summed E-state index contributed by atoms with van der Waals surface area (Å²) in [6.07, 6.45) is 3.97. The number of pyridine rings is 1. The van der Waals surface area contributed by atoms with Gasteiger partial charge in [-0.3, -0.25) is 4.98 Å². The van der Waals surface area contributed by atoms with E-state index < -0.39 is 0 Å². The van der Waals surface area contributed by atoms with Gasteiger partial charge in [0.15, 0.2) is 0 Å². The van der Waals surface area contributed by atoms with Gasteiger partial charge in [-0.2, -0.15) is 0 Å². The second-order valence-electron chi connectivity index (χ2n) is 4.99. The minimum atomic E-state index is 0.183. The van der Waals surface area contributed by atoms with E-state index in [0.29, 0.717) is 0 Å². The van der Waals surface area contributed by atoms with Gasteiger partial charge in [0.05, 0.1) is 11.7 Å². The lowest BCUT2D eigenvalue weighted by molar-refractivity contribution is 0.609. The Morgan fingerprint density at radius 3 is 2.60 bits per heavy atom. The van der Waals surface area contributed by atoms with Crippen molar-refractivity contribution >= 4 is 0 Å². The second kappa shape index (κ2) is 7.20. The minimum absolute atomic E-state index is 0.183. The summed E-state index contributed by atoms with van der Waals surface area (Å²) < 4.78 is 0. The number of nitrogens with one attached hydrogen (secondary N) is 1. The van der Waals surface area contributed by atoms with Gasteiger partial charge >= 0.3 is 0 Å². The Morgan fingerprint density at radius 2 is 1.90 bits per heavy atom. The third-order valence-electron chi connectivity index (χ3n) is 3.68. The fourth-order valence-electron chi connectivity index (χ4n) is 2.58. The molecule has 1 aromatic carbocycles. The van der Waals surface area contributed by atoms with Crippen molar-refractivity contribution in [1.29, 1.82) is 0 Å². The van der Waals surface area contributed by atoms with Crippen molar-refractivity contribution in [2.75, 3.05) is 6.54 Å². The van der Waals surface area contributed by atoms with E-state index in [2.05, 4.69) is 61.4 Å². The number of nitrogens with zero attached hydrogens (tertiary/aromatic N) is 1. The van der Waals surface area contributed by atoms with Crippen LogP contribution in [0, 0.1) is 0 Å². The average Bonchev–Trinajstić information content (AvgIpc) is 2.52. The molecule has 1 unspecified atom stereocenters. The molecule has 0 fully saturated rings. The molecule has 0 radical (unpaired) electrons. The number of hydrogen-bond donors (Lipinski definition) is 1. The summed E-state index contributed by atoms with van der Waals surface area (Å²) in [6, 6.07) is 13.2. The highest BCUT2D eigenvalue weighted by Crippen LogP contribution is 2.24. The number of benzene rings is 1. The van der Waals surface area contributed by atoms with Crippen molar-refractivity contribution in [2.45, 2.75) is 39.7 Å². The molecule has 1 N–H and O–H groups in total. The fraction of sp³-hybridized carbons (Fsp3) is 0.389. The van der Waals surface area contributed by atoms with Gasteiger partial charge in [0.1, 0.15) is 0 Å². The normalized spacial score (nSPS) is 12.3. The molecule has 0 aliphatic heterocycles. The highest BCUT2D eigenvalue weighted by Gasteiger charge is 2.17. The van der Waals surface area contributed by atoms with Crippen LogP contribution in [0.5, 0.6) is 0 Å². The standard InChI is InChI=1S/C18H24N2/c1-4-14-9-7-10-16(13-14)18(19-6-3)17-15(5-2)11-8-12-20-17/h7-13,18-19H,4-6H2,1-3H3. The molecule has 2 rings (SSSR count). The molecule has 1 heterocycles. The van der Waals surface area contributed by atoms with Gasteiger partial charge in [-0.15, -0.1) is 0 Å². The van der Waals surface area contributed by atoms with Crippen LogP contribution in [0.4, 0.5) is 0 Å². The number of aryl methyl sites for hydroxylation is 2. The Balaban J connectivity index is 2.44. The van der Waals surface area contributed by atoms with Crippen LogP contribution >= 0.6 is 0 Å². The third kappa shape index (κ3) is 3.26. The highest BCUT2D eigenvalue weighted by atomic mass is 14.9. The molecule has 20 heavy (non-hydrogen) atoms. The molecule has 2 aromatic rings. The van der Waals surface area contributed by atoms with Gasteiger partial charge in [-0.05, 0) is 42.1 Å². The number of aromatic nitrogens is 1. The molecule has 0 bridgehead atoms. The maximum absolute atomic E-state index is 4.64. The highest BCUT2D eigenvalue weighted by molar-refractivity contribution is 5.35. The number of hydrogen-bond acceptors (Lipinski definition) is 2. The van der Waals surface area contributed by atoms with Crippen molar-refractivity contribution in [3.05, 3.63) is 65.0 Å². The summed E-state index contributed by atoms with van der Waals surface area (Å²) >= 11 is 0. The van der Waals surface area contributed by atoms with E-state index >= 15 is 0 Å². The van der Waals surface area contributed by atoms with Crippen molar-refractivity contribution in [1.82, 2.24) is 10.3 Å². The van der Waals surface area contributed by atoms with Crippen LogP contribution in [0.25, 0.3) is 0 Å². The molecule has 0 aliphatic rings. The molecule has 2 nitrogen and oxygen atoms in total. The largest absolute Gasteiger partial charge is 0.305 e. The van der Waals surface area contributed by atoms with Crippen LogP contribution in [0.2, 0.25) is 0 Å². The van der Waals surface area contributed by atoms with Crippen molar-refractivity contribution in [2.24, 2.45) is 0 Å². The molecule has 106 valence electrons. The third-order valence-corrected chi connectivity index (χ3v) is 3.68. The summed E-state index contributed by atoms with van der Waals surface area (Å²) in [7, 11) is 0. The predicted octanol–water partition coefficient (Wildman–Crippen LogP) is 3.91. The first kappa shape index (κ1) is 14.7. The van der Waals surface area contributed by atoms with E-state index in [9.17, 15) is 0 Å². The summed E-state index contributed by atoms with van der Waals surface area (Å²) in [6.45, 7) is 7.46. The maximum atomic E-state index is 4.64. The molecule has 1 atom stereocenters. The van der Waals surface area contributed by atoms with Crippen LogP contribution in [0.1, 0.15) is 49.2 Å². The van der Waals surface area contributed by atoms with Gasteiger partial charge in [-0.25, -0.2) is 0 Å². The Hall–Kier alpha value is -1.67. The molecule has 1 aromatic heterocycles. The first-order valence-corrected chi connectivity index (χ1v) is 7.56. The zero-order chi connectivity index (χ0) is 14.4. The molecule has 0 amide bonds.